The van der Waals surface area contributed by atoms with Gasteiger partial charge in [0.25, 0.3) is 11.8 Å². The van der Waals surface area contributed by atoms with Crippen LogP contribution in [0.4, 0.5) is 22.7 Å². The van der Waals surface area contributed by atoms with Gasteiger partial charge in [0.15, 0.2) is 0 Å². The van der Waals surface area contributed by atoms with E-state index < -0.39 is 0 Å². The molecule has 2 unspecified atom stereocenters. The van der Waals surface area contributed by atoms with Gasteiger partial charge in [0.1, 0.15) is 12.3 Å². The molecule has 0 saturated heterocycles. The third-order valence-corrected chi connectivity index (χ3v) is 11.6. The van der Waals surface area contributed by atoms with E-state index in [1.54, 1.807) is 12.2 Å². The molecule has 0 aliphatic heterocycles. The fourth-order valence-electron chi connectivity index (χ4n) is 7.96. The molecule has 0 aromatic heterocycles. The van der Waals surface area contributed by atoms with Crippen molar-refractivity contribution in [2.45, 2.75) is 67.2 Å². The predicted molar refractivity (Wildman–Crippen MR) is 244 cm³/mol. The van der Waals surface area contributed by atoms with Crippen molar-refractivity contribution in [3.8, 4) is 0 Å². The first-order chi connectivity index (χ1) is 29.0. The van der Waals surface area contributed by atoms with Gasteiger partial charge in [-0.2, -0.15) is 4.58 Å². The van der Waals surface area contributed by atoms with Crippen molar-refractivity contribution in [3.63, 3.8) is 0 Å². The van der Waals surface area contributed by atoms with Crippen LogP contribution >= 0.6 is 0 Å². The summed E-state index contributed by atoms with van der Waals surface area (Å²) in [4.78, 5) is 44.4. The minimum Gasteiger partial charge on any atom is -0.506 e. The summed E-state index contributed by atoms with van der Waals surface area (Å²) in [6, 6.07) is 22.3. The Morgan fingerprint density at radius 2 is 1.35 bits per heavy atom. The van der Waals surface area contributed by atoms with E-state index in [9.17, 15) is 19.5 Å². The fraction of sp³-hybridized carbons (Fsp3) is 0.269. The number of carbonyl (C=O) groups excluding carboxylic acids is 3. The number of unbranched alkanes of at least 4 members (excludes halogenated alkanes) is 2. The molecule has 0 bridgehead atoms. The molecule has 0 spiro atoms. The summed E-state index contributed by atoms with van der Waals surface area (Å²) in [6.07, 6.45) is 20.8. The van der Waals surface area contributed by atoms with Crippen LogP contribution in [0.5, 0.6) is 0 Å². The molecule has 306 valence electrons. The lowest BCUT2D eigenvalue weighted by Gasteiger charge is -2.29. The first-order valence-corrected chi connectivity index (χ1v) is 21.2. The first-order valence-electron chi connectivity index (χ1n) is 21.2. The van der Waals surface area contributed by atoms with E-state index in [1.165, 1.54) is 0 Å². The standard InChI is InChI=1S/C52H54N4O4/c1-7-9-29-55(37-21-17-33(3)18-22-37)39-25-27-43(45(31-39)53-51(59)41-15-11-13-35(41)5)47-49(57)48(50(47)58)44-28-26-40(32-46(44)54-52(60)42-16-12-14-36(42)6)56(30-10-8-2)38-23-19-34(4)20-24-38/h11-28,31-32,35-36H,7-10,29-30H2,1-6H3,(H2,53,54,57,58,59,60)/p+1. The SMILES string of the molecule is CCCCN(c1ccc(C)cc1)c1ccc(C2=C(O)/C(=C3C=C/C(=[N+](\CCCC)c4ccc(C)cc4)C=C\3NC(=O)C3=CC=CC3C)C2=O)c(NC(=O)C2=CC=CC2C)c1. The van der Waals surface area contributed by atoms with Crippen molar-refractivity contribution in [1.82, 2.24) is 5.32 Å². The molecule has 7 rings (SSSR count). The average molecular weight is 800 g/mol. The van der Waals surface area contributed by atoms with E-state index in [0.29, 0.717) is 33.7 Å². The lowest BCUT2D eigenvalue weighted by molar-refractivity contribution is -0.439. The monoisotopic (exact) mass is 799 g/mol. The number of benzene rings is 3. The number of rotatable bonds is 14. The Morgan fingerprint density at radius 3 is 1.93 bits per heavy atom. The van der Waals surface area contributed by atoms with E-state index in [2.05, 4.69) is 96.3 Å². The fourth-order valence-corrected chi connectivity index (χ4v) is 7.96. The van der Waals surface area contributed by atoms with Gasteiger partial charge in [0.05, 0.1) is 22.5 Å². The Balaban J connectivity index is 1.34. The highest BCUT2D eigenvalue weighted by Crippen LogP contribution is 2.44. The molecule has 0 saturated carbocycles. The summed E-state index contributed by atoms with van der Waals surface area (Å²) in [6.45, 7) is 13.8. The Kier molecular flexibility index (Phi) is 12.6. The van der Waals surface area contributed by atoms with Gasteiger partial charge in [0.2, 0.25) is 17.2 Å². The van der Waals surface area contributed by atoms with E-state index in [0.717, 1.165) is 72.7 Å². The van der Waals surface area contributed by atoms with Crippen molar-refractivity contribution in [2.75, 3.05) is 23.3 Å². The van der Waals surface area contributed by atoms with Crippen LogP contribution in [0, 0.1) is 25.7 Å². The molecule has 2 amide bonds. The number of aliphatic hydroxyl groups excluding tert-OH is 1. The number of nitrogens with zero attached hydrogens (tertiary/aromatic N) is 2. The molecule has 3 N–H and O–H groups in total. The maximum Gasteiger partial charge on any atom is 0.252 e. The van der Waals surface area contributed by atoms with Crippen LogP contribution in [-0.2, 0) is 14.4 Å². The Hall–Kier alpha value is -6.54. The summed E-state index contributed by atoms with van der Waals surface area (Å²) < 4.78 is 2.21. The smallest absolute Gasteiger partial charge is 0.252 e. The number of carbonyl (C=O) groups is 3. The van der Waals surface area contributed by atoms with E-state index >= 15 is 0 Å². The topological polar surface area (TPSA) is 102 Å². The number of ketones is 1. The Bertz CT molecular complexity index is 2500. The molecule has 60 heavy (non-hydrogen) atoms. The highest BCUT2D eigenvalue weighted by Gasteiger charge is 2.40. The molecule has 0 heterocycles. The second-order valence-electron chi connectivity index (χ2n) is 16.1. The van der Waals surface area contributed by atoms with Crippen LogP contribution in [0.1, 0.15) is 70.1 Å². The Morgan fingerprint density at radius 1 is 0.750 bits per heavy atom. The number of anilines is 3. The van der Waals surface area contributed by atoms with Crippen LogP contribution in [0.15, 0.2) is 155 Å². The van der Waals surface area contributed by atoms with Gasteiger partial charge in [-0.1, -0.05) is 112 Å². The van der Waals surface area contributed by atoms with Crippen LogP contribution in [0.25, 0.3) is 5.57 Å². The number of Topliss-reactive ketones (excluding diaryl/α,β-unsaturated/α-hetero) is 1. The first kappa shape index (κ1) is 41.6. The van der Waals surface area contributed by atoms with Gasteiger partial charge in [-0.05, 0) is 56.7 Å². The maximum absolute atomic E-state index is 14.5. The zero-order valence-electron chi connectivity index (χ0n) is 35.5. The number of aliphatic hydroxyl groups is 1. The lowest BCUT2D eigenvalue weighted by Crippen LogP contribution is -2.32. The largest absolute Gasteiger partial charge is 0.506 e. The lowest BCUT2D eigenvalue weighted by atomic mass is 9.78. The average Bonchev–Trinajstić information content (AvgIpc) is 3.88. The zero-order chi connectivity index (χ0) is 42.5. The molecular weight excluding hydrogens is 745 g/mol. The summed E-state index contributed by atoms with van der Waals surface area (Å²) in [5.41, 5.74) is 9.14. The van der Waals surface area contributed by atoms with Crippen molar-refractivity contribution in [1.29, 1.82) is 0 Å². The molecule has 8 nitrogen and oxygen atoms in total. The zero-order valence-corrected chi connectivity index (χ0v) is 35.5. The normalized spacial score (nSPS) is 20.2. The van der Waals surface area contributed by atoms with Crippen LogP contribution < -0.4 is 15.5 Å². The van der Waals surface area contributed by atoms with E-state index in [-0.39, 0.29) is 46.3 Å². The van der Waals surface area contributed by atoms with Gasteiger partial charge in [-0.25, -0.2) is 0 Å². The highest BCUT2D eigenvalue weighted by molar-refractivity contribution is 6.40. The molecule has 3 aromatic carbocycles. The molecule has 4 aliphatic rings. The minimum absolute atomic E-state index is 0.0672. The number of amides is 2. The van der Waals surface area contributed by atoms with Crippen LogP contribution in [0.2, 0.25) is 0 Å². The Labute approximate surface area is 354 Å². The third-order valence-electron chi connectivity index (χ3n) is 11.6. The number of aryl methyl sites for hydroxylation is 2. The third kappa shape index (κ3) is 8.60. The van der Waals surface area contributed by atoms with Crippen molar-refractivity contribution < 1.29 is 24.1 Å². The summed E-state index contributed by atoms with van der Waals surface area (Å²) in [5, 5.41) is 18.2. The molecule has 2 atom stereocenters. The van der Waals surface area contributed by atoms with Gasteiger partial charge in [0, 0.05) is 82.7 Å². The van der Waals surface area contributed by atoms with Gasteiger partial charge >= 0.3 is 0 Å². The molecular formula is C52H55N4O4+. The summed E-state index contributed by atoms with van der Waals surface area (Å²) in [5.74, 6) is -1.26. The van der Waals surface area contributed by atoms with Gasteiger partial charge < -0.3 is 20.6 Å². The minimum atomic E-state index is -0.382. The summed E-state index contributed by atoms with van der Waals surface area (Å²) >= 11 is 0. The van der Waals surface area contributed by atoms with E-state index in [4.69, 9.17) is 0 Å². The number of nitrogens with one attached hydrogen (secondary N) is 2. The van der Waals surface area contributed by atoms with Gasteiger partial charge in [-0.15, -0.1) is 0 Å². The second kappa shape index (κ2) is 18.2. The molecule has 0 fully saturated rings. The number of hydrogen-bond donors (Lipinski definition) is 3. The predicted octanol–water partition coefficient (Wildman–Crippen LogP) is 10.7. The number of allylic oxidation sites excluding steroid dienone is 11. The molecule has 3 aromatic rings. The van der Waals surface area contributed by atoms with Crippen LogP contribution in [0.3, 0.4) is 0 Å². The summed E-state index contributed by atoms with van der Waals surface area (Å²) in [7, 11) is 0. The quantitative estimate of drug-likeness (QED) is 0.111. The molecule has 4 aliphatic carbocycles. The van der Waals surface area contributed by atoms with Crippen molar-refractivity contribution >= 4 is 51.6 Å². The molecule has 8 heteroatoms. The number of hydrogen-bond acceptors (Lipinski definition) is 5. The second-order valence-corrected chi connectivity index (χ2v) is 16.1. The van der Waals surface area contributed by atoms with Gasteiger partial charge in [-0.3, -0.25) is 14.4 Å². The maximum atomic E-state index is 14.5. The molecule has 0 radical (unpaired) electrons. The van der Waals surface area contributed by atoms with E-state index in [1.807, 2.05) is 74.6 Å². The van der Waals surface area contributed by atoms with Crippen LogP contribution in [-0.4, -0.2) is 46.1 Å². The highest BCUT2D eigenvalue weighted by atomic mass is 16.3. The van der Waals surface area contributed by atoms with Crippen molar-refractivity contribution in [3.05, 3.63) is 172 Å². The van der Waals surface area contributed by atoms with Crippen molar-refractivity contribution in [2.24, 2.45) is 11.8 Å².